The minimum absolute atomic E-state index is 0.0337. The number of fused-ring (bicyclic) bond motifs is 2. The van der Waals surface area contributed by atoms with Gasteiger partial charge >= 0.3 is 5.97 Å². The van der Waals surface area contributed by atoms with Crippen LogP contribution in [0.4, 0.5) is 0 Å². The van der Waals surface area contributed by atoms with E-state index in [1.807, 2.05) is 0 Å². The van der Waals surface area contributed by atoms with E-state index in [9.17, 15) is 19.5 Å². The molecule has 0 aromatic heterocycles. The van der Waals surface area contributed by atoms with Crippen LogP contribution in [0.1, 0.15) is 42.2 Å². The zero-order chi connectivity index (χ0) is 16.7. The second-order valence-electron chi connectivity index (χ2n) is 4.92. The van der Waals surface area contributed by atoms with Gasteiger partial charge in [0.15, 0.2) is 11.6 Å². The lowest BCUT2D eigenvalue weighted by Crippen LogP contribution is -2.23. The highest BCUT2D eigenvalue weighted by molar-refractivity contribution is 6.30. The van der Waals surface area contributed by atoms with Crippen LogP contribution in [0.5, 0.6) is 11.5 Å². The first-order chi connectivity index (χ1) is 11.0. The Morgan fingerprint density at radius 1 is 0.957 bits per heavy atom. The second kappa shape index (κ2) is 5.24. The highest BCUT2D eigenvalue weighted by Gasteiger charge is 2.36. The molecule has 1 aliphatic rings. The largest absolute Gasteiger partial charge is 0.496 e. The molecule has 0 bridgehead atoms. The summed E-state index contributed by atoms with van der Waals surface area (Å²) in [6.07, 6.45) is 0. The summed E-state index contributed by atoms with van der Waals surface area (Å²) in [4.78, 5) is 36.9. The average molecular weight is 312 g/mol. The molecular formula is C17H12O6. The van der Waals surface area contributed by atoms with Crippen molar-refractivity contribution in [1.29, 1.82) is 0 Å². The van der Waals surface area contributed by atoms with E-state index in [4.69, 9.17) is 9.47 Å². The second-order valence-corrected chi connectivity index (χ2v) is 4.92. The number of hydrogen-bond acceptors (Lipinski definition) is 5. The van der Waals surface area contributed by atoms with Gasteiger partial charge in [0, 0.05) is 16.7 Å². The number of carboxylic acids is 1. The van der Waals surface area contributed by atoms with Crippen molar-refractivity contribution in [2.24, 2.45) is 0 Å². The number of carbonyl (C=O) groups excluding carboxylic acids is 2. The zero-order valence-corrected chi connectivity index (χ0v) is 12.4. The van der Waals surface area contributed by atoms with E-state index in [0.29, 0.717) is 0 Å². The van der Waals surface area contributed by atoms with Crippen LogP contribution >= 0.6 is 0 Å². The molecule has 0 atom stereocenters. The molecule has 0 heterocycles. The lowest BCUT2D eigenvalue weighted by molar-refractivity contribution is 0.0689. The molecule has 0 fully saturated rings. The van der Waals surface area contributed by atoms with Crippen molar-refractivity contribution in [2.75, 3.05) is 14.2 Å². The normalized spacial score (nSPS) is 12.4. The molecule has 1 aliphatic carbocycles. The predicted octanol–water partition coefficient (Wildman–Crippen LogP) is 2.18. The van der Waals surface area contributed by atoms with Gasteiger partial charge in [-0.15, -0.1) is 0 Å². The van der Waals surface area contributed by atoms with Crippen molar-refractivity contribution in [3.63, 3.8) is 0 Å². The summed E-state index contributed by atoms with van der Waals surface area (Å²) < 4.78 is 10.2. The summed E-state index contributed by atoms with van der Waals surface area (Å²) in [5.74, 6) is -2.32. The third-order valence-corrected chi connectivity index (χ3v) is 3.77. The Morgan fingerprint density at radius 3 is 2.09 bits per heavy atom. The fourth-order valence-electron chi connectivity index (χ4n) is 2.77. The maximum atomic E-state index is 12.7. The predicted molar refractivity (Wildman–Crippen MR) is 79.8 cm³/mol. The quantitative estimate of drug-likeness (QED) is 0.797. The Kier molecular flexibility index (Phi) is 3.37. The van der Waals surface area contributed by atoms with Gasteiger partial charge in [0.1, 0.15) is 17.1 Å². The highest BCUT2D eigenvalue weighted by Crippen LogP contribution is 2.40. The molecule has 0 saturated carbocycles. The van der Waals surface area contributed by atoms with E-state index < -0.39 is 11.8 Å². The van der Waals surface area contributed by atoms with Gasteiger partial charge in [0.05, 0.1) is 19.8 Å². The minimum Gasteiger partial charge on any atom is -0.496 e. The summed E-state index contributed by atoms with van der Waals surface area (Å²) in [6.45, 7) is 0. The van der Waals surface area contributed by atoms with Crippen molar-refractivity contribution in [3.8, 4) is 11.5 Å². The standard InChI is InChI=1S/C17H12O6/c1-22-11-7-10-12(16(23-2)13(11)17(20)21)15(19)9-6-4-3-5-8(9)14(10)18/h3-7H,1-2H3,(H,20,21). The van der Waals surface area contributed by atoms with E-state index in [0.717, 1.165) is 0 Å². The molecule has 0 aliphatic heterocycles. The molecule has 0 unspecified atom stereocenters. The summed E-state index contributed by atoms with van der Waals surface area (Å²) >= 11 is 0. The first kappa shape index (κ1) is 14.8. The Balaban J connectivity index is 2.41. The average Bonchev–Trinajstić information content (AvgIpc) is 2.57. The van der Waals surface area contributed by atoms with Crippen molar-refractivity contribution < 1.29 is 29.0 Å². The number of methoxy groups -OCH3 is 2. The first-order valence-corrected chi connectivity index (χ1v) is 6.72. The van der Waals surface area contributed by atoms with Crippen molar-refractivity contribution in [2.45, 2.75) is 0 Å². The van der Waals surface area contributed by atoms with Crippen LogP contribution in [0.2, 0.25) is 0 Å². The summed E-state index contributed by atoms with van der Waals surface area (Å²) in [7, 11) is 2.54. The van der Waals surface area contributed by atoms with Crippen LogP contribution in [0.25, 0.3) is 0 Å². The van der Waals surface area contributed by atoms with Gasteiger partial charge in [0.25, 0.3) is 0 Å². The van der Waals surface area contributed by atoms with E-state index in [-0.39, 0.29) is 45.1 Å². The number of aromatic carboxylic acids is 1. The summed E-state index contributed by atoms with van der Waals surface area (Å²) in [5.41, 5.74) is 0.248. The zero-order valence-electron chi connectivity index (χ0n) is 12.4. The molecule has 6 nitrogen and oxygen atoms in total. The Morgan fingerprint density at radius 2 is 1.57 bits per heavy atom. The topological polar surface area (TPSA) is 89.9 Å². The van der Waals surface area contributed by atoms with Gasteiger partial charge in [0.2, 0.25) is 0 Å². The van der Waals surface area contributed by atoms with E-state index in [1.54, 1.807) is 18.2 Å². The van der Waals surface area contributed by atoms with E-state index >= 15 is 0 Å². The number of carboxylic acid groups (broad SMARTS) is 1. The maximum Gasteiger partial charge on any atom is 0.343 e. The van der Waals surface area contributed by atoms with Gasteiger partial charge in [-0.25, -0.2) is 4.79 Å². The van der Waals surface area contributed by atoms with Crippen molar-refractivity contribution >= 4 is 17.5 Å². The maximum absolute atomic E-state index is 12.7. The van der Waals surface area contributed by atoms with E-state index in [2.05, 4.69) is 0 Å². The summed E-state index contributed by atoms with van der Waals surface area (Å²) in [5, 5.41) is 9.40. The molecule has 116 valence electrons. The third kappa shape index (κ3) is 1.99. The highest BCUT2D eigenvalue weighted by atomic mass is 16.5. The smallest absolute Gasteiger partial charge is 0.343 e. The van der Waals surface area contributed by atoms with E-state index in [1.165, 1.54) is 26.4 Å². The molecule has 1 N–H and O–H groups in total. The number of ether oxygens (including phenoxy) is 2. The summed E-state index contributed by atoms with van der Waals surface area (Å²) in [6, 6.07) is 7.67. The molecular weight excluding hydrogens is 300 g/mol. The monoisotopic (exact) mass is 312 g/mol. The molecule has 6 heteroatoms. The first-order valence-electron chi connectivity index (χ1n) is 6.72. The number of carbonyl (C=O) groups is 3. The minimum atomic E-state index is -1.30. The van der Waals surface area contributed by atoms with Crippen LogP contribution in [-0.2, 0) is 0 Å². The fourth-order valence-corrected chi connectivity index (χ4v) is 2.77. The van der Waals surface area contributed by atoms with Gasteiger partial charge in [-0.05, 0) is 6.07 Å². The van der Waals surface area contributed by atoms with Gasteiger partial charge < -0.3 is 14.6 Å². The molecule has 3 rings (SSSR count). The Labute approximate surface area is 131 Å². The van der Waals surface area contributed by atoms with Gasteiger partial charge in [-0.2, -0.15) is 0 Å². The Hall–Kier alpha value is -3.15. The lowest BCUT2D eigenvalue weighted by Gasteiger charge is -2.22. The molecule has 0 spiro atoms. The molecule has 23 heavy (non-hydrogen) atoms. The van der Waals surface area contributed by atoms with Crippen molar-refractivity contribution in [1.82, 2.24) is 0 Å². The van der Waals surface area contributed by atoms with Crippen LogP contribution < -0.4 is 9.47 Å². The number of hydrogen-bond donors (Lipinski definition) is 1. The molecule has 0 amide bonds. The molecule has 0 radical (unpaired) electrons. The molecule has 2 aromatic carbocycles. The lowest BCUT2D eigenvalue weighted by atomic mass is 9.82. The fraction of sp³-hybridized carbons (Fsp3) is 0.118. The third-order valence-electron chi connectivity index (χ3n) is 3.77. The van der Waals surface area contributed by atoms with Gasteiger partial charge in [-0.1, -0.05) is 24.3 Å². The van der Waals surface area contributed by atoms with Crippen LogP contribution in [-0.4, -0.2) is 36.9 Å². The van der Waals surface area contributed by atoms with Crippen LogP contribution in [0.3, 0.4) is 0 Å². The van der Waals surface area contributed by atoms with Gasteiger partial charge in [-0.3, -0.25) is 9.59 Å². The van der Waals surface area contributed by atoms with Crippen molar-refractivity contribution in [3.05, 3.63) is 58.1 Å². The Bertz CT molecular complexity index is 866. The van der Waals surface area contributed by atoms with Crippen LogP contribution in [0, 0.1) is 0 Å². The number of rotatable bonds is 3. The molecule has 0 saturated heterocycles. The number of ketones is 2. The van der Waals surface area contributed by atoms with Crippen LogP contribution in [0.15, 0.2) is 30.3 Å². The number of benzene rings is 2. The molecule has 2 aromatic rings. The SMILES string of the molecule is COc1cc2c(c(OC)c1C(=O)O)C(=O)c1ccccc1C2=O.